The fourth-order valence-electron chi connectivity index (χ4n) is 3.58. The molecule has 5 nitrogen and oxygen atoms in total. The fourth-order valence-corrected chi connectivity index (χ4v) is 3.58. The normalized spacial score (nSPS) is 15.0. The van der Waals surface area contributed by atoms with E-state index in [4.69, 9.17) is 9.97 Å². The van der Waals surface area contributed by atoms with Crippen LogP contribution >= 0.6 is 0 Å². The summed E-state index contributed by atoms with van der Waals surface area (Å²) in [5, 5.41) is 7.95. The van der Waals surface area contributed by atoms with E-state index in [9.17, 15) is 0 Å². The summed E-state index contributed by atoms with van der Waals surface area (Å²) >= 11 is 0. The van der Waals surface area contributed by atoms with Crippen molar-refractivity contribution in [1.82, 2.24) is 14.9 Å². The van der Waals surface area contributed by atoms with E-state index in [1.807, 2.05) is 24.3 Å². The highest BCUT2D eigenvalue weighted by atomic mass is 15.2. The molecule has 5 heteroatoms. The van der Waals surface area contributed by atoms with Gasteiger partial charge in [-0.3, -0.25) is 0 Å². The van der Waals surface area contributed by atoms with E-state index in [0.29, 0.717) is 5.95 Å². The van der Waals surface area contributed by atoms with Gasteiger partial charge in [0.15, 0.2) is 0 Å². The number of benzene rings is 2. The first-order valence-corrected chi connectivity index (χ1v) is 9.89. The van der Waals surface area contributed by atoms with Crippen LogP contribution in [0.5, 0.6) is 0 Å². The van der Waals surface area contributed by atoms with Crippen LogP contribution < -0.4 is 10.6 Å². The quantitative estimate of drug-likeness (QED) is 0.662. The number of hydrogen-bond donors (Lipinski definition) is 2. The Morgan fingerprint density at radius 3 is 2.44 bits per heavy atom. The molecule has 1 fully saturated rings. The molecule has 0 saturated carbocycles. The maximum atomic E-state index is 4.75. The zero-order valence-corrected chi connectivity index (χ0v) is 15.7. The molecule has 3 aromatic rings. The summed E-state index contributed by atoms with van der Waals surface area (Å²) in [5.41, 5.74) is 2.20. The predicted molar refractivity (Wildman–Crippen MR) is 112 cm³/mol. The van der Waals surface area contributed by atoms with E-state index in [1.54, 1.807) is 0 Å². The second kappa shape index (κ2) is 8.82. The number of rotatable bonds is 7. The maximum Gasteiger partial charge on any atom is 0.225 e. The Bertz CT molecular complexity index is 859. The van der Waals surface area contributed by atoms with Crippen molar-refractivity contribution in [2.75, 3.05) is 36.8 Å². The number of aromatic nitrogens is 2. The number of nitrogens with zero attached hydrogens (tertiary/aromatic N) is 3. The van der Waals surface area contributed by atoms with E-state index < -0.39 is 0 Å². The van der Waals surface area contributed by atoms with E-state index in [2.05, 4.69) is 45.9 Å². The van der Waals surface area contributed by atoms with Gasteiger partial charge in [0.2, 0.25) is 5.95 Å². The average molecular weight is 361 g/mol. The maximum absolute atomic E-state index is 4.75. The van der Waals surface area contributed by atoms with Gasteiger partial charge in [-0.1, -0.05) is 48.9 Å². The Kier molecular flexibility index (Phi) is 5.80. The molecule has 2 heterocycles. The van der Waals surface area contributed by atoms with Gasteiger partial charge in [-0.05, 0) is 43.6 Å². The standard InChI is InChI=1S/C22H27N5/c1-3-9-18(10-4-1)17-24-21-19-11-5-6-12-20(19)25-22(26-21)23-13-16-27-14-7-2-8-15-27/h1,3-6,9-12H,2,7-8,13-17H2,(H2,23,24,25,26). The van der Waals surface area contributed by atoms with Crippen LogP contribution in [0.25, 0.3) is 10.9 Å². The highest BCUT2D eigenvalue weighted by Gasteiger charge is 2.11. The van der Waals surface area contributed by atoms with Crippen LogP contribution in [0.15, 0.2) is 54.6 Å². The van der Waals surface area contributed by atoms with Crippen LogP contribution in [-0.2, 0) is 6.54 Å². The summed E-state index contributed by atoms with van der Waals surface area (Å²) < 4.78 is 0. The predicted octanol–water partition coefficient (Wildman–Crippen LogP) is 4.14. The van der Waals surface area contributed by atoms with Crippen LogP contribution in [0.4, 0.5) is 11.8 Å². The Morgan fingerprint density at radius 2 is 1.59 bits per heavy atom. The summed E-state index contributed by atoms with van der Waals surface area (Å²) in [6, 6.07) is 18.6. The molecule has 0 unspecified atom stereocenters. The van der Waals surface area contributed by atoms with Crippen molar-refractivity contribution in [2.45, 2.75) is 25.8 Å². The van der Waals surface area contributed by atoms with Gasteiger partial charge < -0.3 is 15.5 Å². The third kappa shape index (κ3) is 4.74. The highest BCUT2D eigenvalue weighted by Crippen LogP contribution is 2.22. The van der Waals surface area contributed by atoms with Crippen molar-refractivity contribution in [2.24, 2.45) is 0 Å². The number of hydrogen-bond acceptors (Lipinski definition) is 5. The average Bonchev–Trinajstić information content (AvgIpc) is 2.73. The van der Waals surface area contributed by atoms with E-state index in [0.717, 1.165) is 36.4 Å². The van der Waals surface area contributed by atoms with Crippen LogP contribution in [0, 0.1) is 0 Å². The van der Waals surface area contributed by atoms with Crippen LogP contribution in [0.1, 0.15) is 24.8 Å². The minimum absolute atomic E-state index is 0.696. The van der Waals surface area contributed by atoms with Gasteiger partial charge in [0.25, 0.3) is 0 Å². The first-order valence-electron chi connectivity index (χ1n) is 9.89. The van der Waals surface area contributed by atoms with Crippen molar-refractivity contribution in [3.8, 4) is 0 Å². The number of para-hydroxylation sites is 1. The molecule has 0 spiro atoms. The minimum atomic E-state index is 0.696. The lowest BCUT2D eigenvalue weighted by Crippen LogP contribution is -2.33. The van der Waals surface area contributed by atoms with Crippen molar-refractivity contribution in [1.29, 1.82) is 0 Å². The van der Waals surface area contributed by atoms with Crippen molar-refractivity contribution in [3.05, 3.63) is 60.2 Å². The first kappa shape index (κ1) is 17.7. The molecule has 0 atom stereocenters. The first-order chi connectivity index (χ1) is 13.4. The van der Waals surface area contributed by atoms with Gasteiger partial charge >= 0.3 is 0 Å². The smallest absolute Gasteiger partial charge is 0.225 e. The molecule has 1 aliphatic rings. The number of nitrogens with one attached hydrogen (secondary N) is 2. The number of anilines is 2. The van der Waals surface area contributed by atoms with Gasteiger partial charge in [0.05, 0.1) is 5.52 Å². The third-order valence-electron chi connectivity index (χ3n) is 5.07. The van der Waals surface area contributed by atoms with Crippen molar-refractivity contribution >= 4 is 22.7 Å². The highest BCUT2D eigenvalue weighted by molar-refractivity contribution is 5.90. The summed E-state index contributed by atoms with van der Waals surface area (Å²) in [5.74, 6) is 1.58. The molecule has 1 aliphatic heterocycles. The Balaban J connectivity index is 1.46. The van der Waals surface area contributed by atoms with Crippen molar-refractivity contribution in [3.63, 3.8) is 0 Å². The summed E-state index contributed by atoms with van der Waals surface area (Å²) in [6.45, 7) is 5.09. The van der Waals surface area contributed by atoms with Crippen LogP contribution in [0.2, 0.25) is 0 Å². The van der Waals surface area contributed by atoms with Gasteiger partial charge in [0.1, 0.15) is 5.82 Å². The molecule has 1 aromatic heterocycles. The molecule has 2 N–H and O–H groups in total. The van der Waals surface area contributed by atoms with Crippen molar-refractivity contribution < 1.29 is 0 Å². The molecular formula is C22H27N5. The lowest BCUT2D eigenvalue weighted by atomic mass is 10.1. The van der Waals surface area contributed by atoms with Gasteiger partial charge in [-0.15, -0.1) is 0 Å². The van der Waals surface area contributed by atoms with Crippen LogP contribution in [-0.4, -0.2) is 41.0 Å². The lowest BCUT2D eigenvalue weighted by Gasteiger charge is -2.26. The second-order valence-corrected chi connectivity index (χ2v) is 7.08. The monoisotopic (exact) mass is 361 g/mol. The zero-order valence-electron chi connectivity index (χ0n) is 15.7. The lowest BCUT2D eigenvalue weighted by molar-refractivity contribution is 0.237. The molecule has 0 bridgehead atoms. The fraction of sp³-hybridized carbons (Fsp3) is 0.364. The summed E-state index contributed by atoms with van der Waals surface area (Å²) in [6.07, 6.45) is 4.01. The molecule has 1 saturated heterocycles. The molecule has 4 rings (SSSR count). The van der Waals surface area contributed by atoms with Gasteiger partial charge in [-0.2, -0.15) is 4.98 Å². The van der Waals surface area contributed by atoms with E-state index in [-0.39, 0.29) is 0 Å². The molecule has 0 radical (unpaired) electrons. The molecule has 140 valence electrons. The molecule has 2 aromatic carbocycles. The van der Waals surface area contributed by atoms with Gasteiger partial charge in [0, 0.05) is 25.0 Å². The molecule has 0 aliphatic carbocycles. The third-order valence-corrected chi connectivity index (χ3v) is 5.07. The summed E-state index contributed by atoms with van der Waals surface area (Å²) in [7, 11) is 0. The SMILES string of the molecule is c1ccc(CNc2nc(NCCN3CCCCC3)nc3ccccc23)cc1. The van der Waals surface area contributed by atoms with Gasteiger partial charge in [-0.25, -0.2) is 4.98 Å². The molecule has 0 amide bonds. The summed E-state index contributed by atoms with van der Waals surface area (Å²) in [4.78, 5) is 12.0. The van der Waals surface area contributed by atoms with Crippen LogP contribution in [0.3, 0.4) is 0 Å². The van der Waals surface area contributed by atoms with E-state index >= 15 is 0 Å². The largest absolute Gasteiger partial charge is 0.365 e. The Hall–Kier alpha value is -2.66. The molecular weight excluding hydrogens is 334 g/mol. The topological polar surface area (TPSA) is 53.1 Å². The second-order valence-electron chi connectivity index (χ2n) is 7.08. The minimum Gasteiger partial charge on any atom is -0.365 e. The molecule has 27 heavy (non-hydrogen) atoms. The number of fused-ring (bicyclic) bond motifs is 1. The Morgan fingerprint density at radius 1 is 0.815 bits per heavy atom. The van der Waals surface area contributed by atoms with E-state index in [1.165, 1.54) is 37.9 Å². The number of likely N-dealkylation sites (tertiary alicyclic amines) is 1. The Labute approximate surface area is 160 Å². The number of piperidine rings is 1. The zero-order chi connectivity index (χ0) is 18.3.